The molecule has 1 N–H and O–H groups in total. The Morgan fingerprint density at radius 2 is 2.17 bits per heavy atom. The highest BCUT2D eigenvalue weighted by Crippen LogP contribution is 2.20. The van der Waals surface area contributed by atoms with E-state index in [9.17, 15) is 0 Å². The normalized spacial score (nSPS) is 15.4. The van der Waals surface area contributed by atoms with Gasteiger partial charge in [-0.2, -0.15) is 0 Å². The predicted molar refractivity (Wildman–Crippen MR) is 95.3 cm³/mol. The molecular weight excluding hydrogens is 324 g/mol. The lowest BCUT2D eigenvalue weighted by molar-refractivity contribution is 0.334. The minimum Gasteiger partial charge on any atom is -0.459 e. The number of aromatic nitrogens is 2. The minimum absolute atomic E-state index is 0.401. The monoisotopic (exact) mass is 348 g/mol. The van der Waals surface area contributed by atoms with Crippen molar-refractivity contribution in [2.45, 2.75) is 58.0 Å². The highest BCUT2D eigenvalue weighted by atomic mass is 32.1. The van der Waals surface area contributed by atoms with Crippen LogP contribution in [0.25, 0.3) is 11.7 Å². The van der Waals surface area contributed by atoms with Crippen LogP contribution >= 0.6 is 12.2 Å². The second-order valence-electron chi connectivity index (χ2n) is 6.18. The predicted octanol–water partition coefficient (Wildman–Crippen LogP) is 3.75. The fourth-order valence-corrected chi connectivity index (χ4v) is 3.34. The molecule has 0 unspecified atom stereocenters. The molecule has 1 saturated carbocycles. The molecule has 1 aliphatic rings. The van der Waals surface area contributed by atoms with Gasteiger partial charge >= 0.3 is 0 Å². The Morgan fingerprint density at radius 1 is 1.33 bits per heavy atom. The number of nitrogens with zero attached hydrogens (tertiary/aromatic N) is 3. The molecule has 6 nitrogen and oxygen atoms in total. The van der Waals surface area contributed by atoms with E-state index in [1.54, 1.807) is 18.4 Å². The van der Waals surface area contributed by atoms with Gasteiger partial charge in [-0.1, -0.05) is 26.2 Å². The summed E-state index contributed by atoms with van der Waals surface area (Å²) in [6, 6.07) is 4.09. The van der Waals surface area contributed by atoms with Crippen molar-refractivity contribution in [2.75, 3.05) is 6.54 Å². The molecule has 0 aliphatic heterocycles. The molecule has 0 aromatic carbocycles. The standard InChI is InChI=1S/C17H24N4O2S/c1-2-10-21(17(24)18-13-7-4-3-5-8-13)12-15-19-20-16(23-15)14-9-6-11-22-14/h6,9,11,13H,2-5,7-8,10,12H2,1H3,(H,18,24). The maximum absolute atomic E-state index is 5.70. The van der Waals surface area contributed by atoms with Crippen LogP contribution in [0.15, 0.2) is 27.2 Å². The Morgan fingerprint density at radius 3 is 2.88 bits per heavy atom. The molecule has 2 heterocycles. The van der Waals surface area contributed by atoms with Crippen molar-refractivity contribution in [3.63, 3.8) is 0 Å². The second kappa shape index (κ2) is 8.28. The number of hydrogen-bond donors (Lipinski definition) is 1. The van der Waals surface area contributed by atoms with Crippen LogP contribution < -0.4 is 5.32 Å². The second-order valence-corrected chi connectivity index (χ2v) is 6.57. The van der Waals surface area contributed by atoms with E-state index in [0.717, 1.165) is 18.1 Å². The minimum atomic E-state index is 0.401. The highest BCUT2D eigenvalue weighted by molar-refractivity contribution is 7.80. The molecule has 3 rings (SSSR count). The van der Waals surface area contributed by atoms with Gasteiger partial charge in [-0.25, -0.2) is 0 Å². The first-order chi connectivity index (χ1) is 11.8. The molecule has 130 valence electrons. The first-order valence-electron chi connectivity index (χ1n) is 8.68. The van der Waals surface area contributed by atoms with Crippen molar-refractivity contribution >= 4 is 17.3 Å². The average Bonchev–Trinajstić information content (AvgIpc) is 3.26. The van der Waals surface area contributed by atoms with E-state index in [0.29, 0.717) is 30.1 Å². The molecule has 0 bridgehead atoms. The SMILES string of the molecule is CCCN(Cc1nnc(-c2ccco2)o1)C(=S)NC1CCCCC1. The van der Waals surface area contributed by atoms with E-state index in [4.69, 9.17) is 21.1 Å². The molecule has 0 radical (unpaired) electrons. The molecule has 1 fully saturated rings. The van der Waals surface area contributed by atoms with E-state index in [2.05, 4.69) is 27.3 Å². The summed E-state index contributed by atoms with van der Waals surface area (Å²) in [6.07, 6.45) is 8.89. The summed E-state index contributed by atoms with van der Waals surface area (Å²) in [6.45, 7) is 3.51. The zero-order valence-electron chi connectivity index (χ0n) is 14.0. The van der Waals surface area contributed by atoms with Crippen molar-refractivity contribution in [3.8, 4) is 11.7 Å². The molecule has 2 aromatic heterocycles. The number of hydrogen-bond acceptors (Lipinski definition) is 5. The van der Waals surface area contributed by atoms with Gasteiger partial charge in [0.1, 0.15) is 0 Å². The molecule has 2 aromatic rings. The van der Waals surface area contributed by atoms with Crippen LogP contribution in [0, 0.1) is 0 Å². The van der Waals surface area contributed by atoms with E-state index >= 15 is 0 Å². The molecular formula is C17H24N4O2S. The summed E-state index contributed by atoms with van der Waals surface area (Å²) in [5.41, 5.74) is 0. The van der Waals surface area contributed by atoms with E-state index in [-0.39, 0.29) is 0 Å². The Kier molecular flexibility index (Phi) is 5.85. The maximum atomic E-state index is 5.70. The third kappa shape index (κ3) is 4.35. The van der Waals surface area contributed by atoms with Crippen LogP contribution in [-0.2, 0) is 6.54 Å². The number of nitrogens with one attached hydrogen (secondary N) is 1. The largest absolute Gasteiger partial charge is 0.459 e. The molecule has 0 spiro atoms. The maximum Gasteiger partial charge on any atom is 0.283 e. The van der Waals surface area contributed by atoms with Crippen molar-refractivity contribution in [2.24, 2.45) is 0 Å². The summed E-state index contributed by atoms with van der Waals surface area (Å²) in [5, 5.41) is 12.5. The smallest absolute Gasteiger partial charge is 0.283 e. The number of furan rings is 1. The van der Waals surface area contributed by atoms with Crippen LogP contribution in [0.3, 0.4) is 0 Å². The van der Waals surface area contributed by atoms with Gasteiger partial charge in [0.05, 0.1) is 12.8 Å². The van der Waals surface area contributed by atoms with Crippen LogP contribution in [0.2, 0.25) is 0 Å². The molecule has 1 aliphatic carbocycles. The van der Waals surface area contributed by atoms with E-state index in [1.807, 2.05) is 0 Å². The van der Waals surface area contributed by atoms with E-state index in [1.165, 1.54) is 32.1 Å². The molecule has 24 heavy (non-hydrogen) atoms. The lowest BCUT2D eigenvalue weighted by atomic mass is 9.96. The Balaban J connectivity index is 1.61. The molecule has 0 saturated heterocycles. The number of rotatable bonds is 6. The summed E-state index contributed by atoms with van der Waals surface area (Å²) in [7, 11) is 0. The fourth-order valence-electron chi connectivity index (χ4n) is 3.02. The van der Waals surface area contributed by atoms with Crippen LogP contribution in [0.4, 0.5) is 0 Å². The third-order valence-corrected chi connectivity index (χ3v) is 4.61. The summed E-state index contributed by atoms with van der Waals surface area (Å²) in [4.78, 5) is 2.10. The highest BCUT2D eigenvalue weighted by Gasteiger charge is 2.19. The van der Waals surface area contributed by atoms with Gasteiger partial charge < -0.3 is 19.1 Å². The lowest BCUT2D eigenvalue weighted by Crippen LogP contribution is -2.45. The van der Waals surface area contributed by atoms with E-state index < -0.39 is 0 Å². The van der Waals surface area contributed by atoms with Crippen molar-refractivity contribution < 1.29 is 8.83 Å². The van der Waals surface area contributed by atoms with Gasteiger partial charge in [-0.05, 0) is 43.6 Å². The topological polar surface area (TPSA) is 67.3 Å². The quantitative estimate of drug-likeness (QED) is 0.797. The Labute approximate surface area is 147 Å². The molecule has 7 heteroatoms. The zero-order chi connectivity index (χ0) is 16.8. The van der Waals surface area contributed by atoms with Gasteiger partial charge in [0.25, 0.3) is 5.89 Å². The Hall–Kier alpha value is -1.89. The van der Waals surface area contributed by atoms with Crippen LogP contribution in [0.5, 0.6) is 0 Å². The van der Waals surface area contributed by atoms with Gasteiger partial charge in [-0.15, -0.1) is 10.2 Å². The summed E-state index contributed by atoms with van der Waals surface area (Å²) < 4.78 is 11.0. The van der Waals surface area contributed by atoms with Crippen molar-refractivity contribution in [3.05, 3.63) is 24.3 Å². The average molecular weight is 348 g/mol. The lowest BCUT2D eigenvalue weighted by Gasteiger charge is -2.29. The summed E-state index contributed by atoms with van der Waals surface area (Å²) in [5.74, 6) is 1.53. The van der Waals surface area contributed by atoms with Gasteiger partial charge in [0, 0.05) is 12.6 Å². The van der Waals surface area contributed by atoms with Crippen LogP contribution in [0.1, 0.15) is 51.3 Å². The van der Waals surface area contributed by atoms with Crippen molar-refractivity contribution in [1.29, 1.82) is 0 Å². The van der Waals surface area contributed by atoms with Gasteiger partial charge in [0.2, 0.25) is 5.89 Å². The fraction of sp³-hybridized carbons (Fsp3) is 0.588. The van der Waals surface area contributed by atoms with Crippen molar-refractivity contribution in [1.82, 2.24) is 20.4 Å². The Bertz CT molecular complexity index is 635. The molecule has 0 amide bonds. The number of thiocarbonyl (C=S) groups is 1. The molecule has 0 atom stereocenters. The first kappa shape index (κ1) is 17.0. The van der Waals surface area contributed by atoms with Gasteiger partial charge in [0.15, 0.2) is 10.9 Å². The van der Waals surface area contributed by atoms with Gasteiger partial charge in [-0.3, -0.25) is 0 Å². The summed E-state index contributed by atoms with van der Waals surface area (Å²) >= 11 is 5.61. The van der Waals surface area contributed by atoms with Crippen LogP contribution in [-0.4, -0.2) is 32.8 Å². The first-order valence-corrected chi connectivity index (χ1v) is 9.08. The third-order valence-electron chi connectivity index (χ3n) is 4.24. The zero-order valence-corrected chi connectivity index (χ0v) is 14.8.